The van der Waals surface area contributed by atoms with E-state index in [0.717, 1.165) is 22.9 Å². The number of nitrogens with zero attached hydrogens (tertiary/aromatic N) is 1. The lowest BCUT2D eigenvalue weighted by atomic mass is 10.1. The Morgan fingerprint density at radius 3 is 2.47 bits per heavy atom. The van der Waals surface area contributed by atoms with Crippen molar-refractivity contribution in [3.05, 3.63) is 34.3 Å². The third kappa shape index (κ3) is 2.89. The molecule has 0 spiro atoms. The SMILES string of the molecule is CC(c1ccc(Br)cc1)N1CCCCS1(=O)=O. The molecule has 3 nitrogen and oxygen atoms in total. The van der Waals surface area contributed by atoms with Crippen LogP contribution in [0.3, 0.4) is 0 Å². The summed E-state index contributed by atoms with van der Waals surface area (Å²) in [4.78, 5) is 0. The summed E-state index contributed by atoms with van der Waals surface area (Å²) in [6.07, 6.45) is 1.74. The Balaban J connectivity index is 2.24. The van der Waals surface area contributed by atoms with Gasteiger partial charge in [-0.3, -0.25) is 0 Å². The van der Waals surface area contributed by atoms with Gasteiger partial charge < -0.3 is 0 Å². The highest BCUT2D eigenvalue weighted by Gasteiger charge is 2.30. The fourth-order valence-corrected chi connectivity index (χ4v) is 4.23. The Bertz CT molecular complexity index is 484. The fourth-order valence-electron chi connectivity index (χ4n) is 2.15. The minimum absolute atomic E-state index is 0.0756. The first-order valence-electron chi connectivity index (χ1n) is 5.76. The van der Waals surface area contributed by atoms with Crippen LogP contribution in [0.5, 0.6) is 0 Å². The van der Waals surface area contributed by atoms with Crippen LogP contribution in [0.25, 0.3) is 0 Å². The number of hydrogen-bond donors (Lipinski definition) is 0. The zero-order chi connectivity index (χ0) is 12.5. The van der Waals surface area contributed by atoms with Crippen LogP contribution in [0.4, 0.5) is 0 Å². The van der Waals surface area contributed by atoms with Crippen molar-refractivity contribution < 1.29 is 8.42 Å². The summed E-state index contributed by atoms with van der Waals surface area (Å²) in [5.74, 6) is 0.286. The normalized spacial score (nSPS) is 22.2. The molecule has 17 heavy (non-hydrogen) atoms. The third-order valence-electron chi connectivity index (χ3n) is 3.17. The molecule has 94 valence electrons. The summed E-state index contributed by atoms with van der Waals surface area (Å²) in [6.45, 7) is 2.59. The molecule has 0 bridgehead atoms. The van der Waals surface area contributed by atoms with Crippen molar-refractivity contribution in [1.82, 2.24) is 4.31 Å². The minimum atomic E-state index is -3.06. The van der Waals surface area contributed by atoms with Gasteiger partial charge in [0.2, 0.25) is 10.0 Å². The lowest BCUT2D eigenvalue weighted by molar-refractivity contribution is 0.322. The lowest BCUT2D eigenvalue weighted by Gasteiger charge is -2.31. The van der Waals surface area contributed by atoms with Crippen molar-refractivity contribution in [2.24, 2.45) is 0 Å². The van der Waals surface area contributed by atoms with Gasteiger partial charge in [0.25, 0.3) is 0 Å². The maximum Gasteiger partial charge on any atom is 0.214 e. The summed E-state index contributed by atoms with van der Waals surface area (Å²) in [5, 5.41) is 0. The van der Waals surface area contributed by atoms with Crippen LogP contribution in [-0.2, 0) is 10.0 Å². The highest BCUT2D eigenvalue weighted by Crippen LogP contribution is 2.27. The van der Waals surface area contributed by atoms with E-state index >= 15 is 0 Å². The zero-order valence-corrected chi connectivity index (χ0v) is 12.2. The minimum Gasteiger partial charge on any atom is -0.212 e. The molecule has 0 saturated carbocycles. The summed E-state index contributed by atoms with van der Waals surface area (Å²) >= 11 is 3.38. The fraction of sp³-hybridized carbons (Fsp3) is 0.500. The second kappa shape index (κ2) is 5.08. The molecular formula is C12H16BrNO2S. The lowest BCUT2D eigenvalue weighted by Crippen LogP contribution is -2.39. The maximum atomic E-state index is 12.0. The Morgan fingerprint density at radius 2 is 1.88 bits per heavy atom. The van der Waals surface area contributed by atoms with Crippen LogP contribution in [0.15, 0.2) is 28.7 Å². The molecule has 1 aromatic rings. The van der Waals surface area contributed by atoms with Crippen molar-refractivity contribution in [1.29, 1.82) is 0 Å². The van der Waals surface area contributed by atoms with Crippen molar-refractivity contribution >= 4 is 26.0 Å². The van der Waals surface area contributed by atoms with Gasteiger partial charge in [-0.1, -0.05) is 28.1 Å². The van der Waals surface area contributed by atoms with E-state index in [-0.39, 0.29) is 11.8 Å². The van der Waals surface area contributed by atoms with Crippen LogP contribution < -0.4 is 0 Å². The van der Waals surface area contributed by atoms with Gasteiger partial charge in [-0.2, -0.15) is 4.31 Å². The van der Waals surface area contributed by atoms with Gasteiger partial charge in [0, 0.05) is 17.1 Å². The van der Waals surface area contributed by atoms with E-state index in [4.69, 9.17) is 0 Å². The largest absolute Gasteiger partial charge is 0.214 e. The van der Waals surface area contributed by atoms with E-state index in [1.807, 2.05) is 31.2 Å². The molecule has 1 aliphatic heterocycles. The molecule has 0 aliphatic carbocycles. The summed E-state index contributed by atoms with van der Waals surface area (Å²) in [6, 6.07) is 7.76. The molecular weight excluding hydrogens is 302 g/mol. The molecule has 1 heterocycles. The average molecular weight is 318 g/mol. The topological polar surface area (TPSA) is 37.4 Å². The van der Waals surface area contributed by atoms with E-state index in [1.165, 1.54) is 0 Å². The van der Waals surface area contributed by atoms with Crippen LogP contribution in [0, 0.1) is 0 Å². The number of hydrogen-bond acceptors (Lipinski definition) is 2. The molecule has 0 aromatic heterocycles. The zero-order valence-electron chi connectivity index (χ0n) is 9.77. The van der Waals surface area contributed by atoms with Crippen molar-refractivity contribution in [2.45, 2.75) is 25.8 Å². The smallest absolute Gasteiger partial charge is 0.212 e. The van der Waals surface area contributed by atoms with Crippen molar-refractivity contribution in [2.75, 3.05) is 12.3 Å². The van der Waals surface area contributed by atoms with Gasteiger partial charge in [-0.05, 0) is 37.5 Å². The Hall–Kier alpha value is -0.390. The molecule has 1 aliphatic rings. The predicted octanol–water partition coefficient (Wildman–Crippen LogP) is 2.94. The van der Waals surface area contributed by atoms with Gasteiger partial charge >= 0.3 is 0 Å². The molecule has 0 N–H and O–H groups in total. The first-order chi connectivity index (χ1) is 8.00. The molecule has 2 rings (SSSR count). The first-order valence-corrected chi connectivity index (χ1v) is 8.16. The molecule has 0 radical (unpaired) electrons. The van der Waals surface area contributed by atoms with Gasteiger partial charge in [0.15, 0.2) is 0 Å². The molecule has 1 fully saturated rings. The quantitative estimate of drug-likeness (QED) is 0.841. The number of halogens is 1. The Morgan fingerprint density at radius 1 is 1.24 bits per heavy atom. The Kier molecular flexibility index (Phi) is 3.90. The highest BCUT2D eigenvalue weighted by molar-refractivity contribution is 9.10. The van der Waals surface area contributed by atoms with Crippen LogP contribution in [0.2, 0.25) is 0 Å². The van der Waals surface area contributed by atoms with Crippen LogP contribution in [0.1, 0.15) is 31.4 Å². The molecule has 1 saturated heterocycles. The van der Waals surface area contributed by atoms with Gasteiger partial charge in [-0.25, -0.2) is 8.42 Å². The molecule has 1 atom stereocenters. The molecule has 5 heteroatoms. The number of benzene rings is 1. The maximum absolute atomic E-state index is 12.0. The monoisotopic (exact) mass is 317 g/mol. The number of rotatable bonds is 2. The summed E-state index contributed by atoms with van der Waals surface area (Å²) in [5.41, 5.74) is 1.04. The molecule has 0 amide bonds. The summed E-state index contributed by atoms with van der Waals surface area (Å²) in [7, 11) is -3.06. The molecule has 1 unspecified atom stereocenters. The van der Waals surface area contributed by atoms with E-state index in [9.17, 15) is 8.42 Å². The summed E-state index contributed by atoms with van der Waals surface area (Å²) < 4.78 is 26.6. The van der Waals surface area contributed by atoms with E-state index in [0.29, 0.717) is 6.54 Å². The second-order valence-electron chi connectivity index (χ2n) is 4.36. The van der Waals surface area contributed by atoms with E-state index in [2.05, 4.69) is 15.9 Å². The Labute approximate surface area is 111 Å². The third-order valence-corrected chi connectivity index (χ3v) is 5.72. The van der Waals surface area contributed by atoms with Gasteiger partial charge in [0.05, 0.1) is 5.75 Å². The highest BCUT2D eigenvalue weighted by atomic mass is 79.9. The van der Waals surface area contributed by atoms with Crippen molar-refractivity contribution in [3.8, 4) is 0 Å². The van der Waals surface area contributed by atoms with E-state index in [1.54, 1.807) is 4.31 Å². The first kappa shape index (κ1) is 13.1. The van der Waals surface area contributed by atoms with Crippen molar-refractivity contribution in [3.63, 3.8) is 0 Å². The second-order valence-corrected chi connectivity index (χ2v) is 7.32. The number of sulfonamides is 1. The van der Waals surface area contributed by atoms with E-state index < -0.39 is 10.0 Å². The van der Waals surface area contributed by atoms with Gasteiger partial charge in [0.1, 0.15) is 0 Å². The standard InChI is InChI=1S/C12H16BrNO2S/c1-10(11-4-6-12(13)7-5-11)14-8-2-3-9-17(14,15)16/h4-7,10H,2-3,8-9H2,1H3. The van der Waals surface area contributed by atoms with Crippen LogP contribution in [-0.4, -0.2) is 25.0 Å². The predicted molar refractivity (Wildman–Crippen MR) is 72.3 cm³/mol. The van der Waals surface area contributed by atoms with Gasteiger partial charge in [-0.15, -0.1) is 0 Å². The molecule has 1 aromatic carbocycles. The van der Waals surface area contributed by atoms with Crippen LogP contribution >= 0.6 is 15.9 Å². The average Bonchev–Trinajstić information content (AvgIpc) is 2.28.